The van der Waals surface area contributed by atoms with Crippen molar-refractivity contribution in [3.63, 3.8) is 0 Å². The number of methoxy groups -OCH3 is 1. The molecule has 4 atom stereocenters. The van der Waals surface area contributed by atoms with E-state index in [0.29, 0.717) is 24.8 Å². The SMILES string of the molecule is C=C(CCCNC(=O)OC(C)(C)C)[C@@H](NC(=O)[C@H]1CCCN1C(=O)[C@@H](Cc1ccccc1)NC(=O)[C@@H](Cc1ccccc1)NC(=O)OC(C)(C)C)C(=O)OC. The van der Waals surface area contributed by atoms with Crippen molar-refractivity contribution >= 4 is 35.9 Å². The van der Waals surface area contributed by atoms with Gasteiger partial charge in [-0.15, -0.1) is 0 Å². The van der Waals surface area contributed by atoms with Crippen molar-refractivity contribution in [3.05, 3.63) is 83.9 Å². The van der Waals surface area contributed by atoms with Crippen LogP contribution in [-0.4, -0.2) is 96.3 Å². The first-order valence-corrected chi connectivity index (χ1v) is 18.6. The molecule has 14 heteroatoms. The van der Waals surface area contributed by atoms with Gasteiger partial charge in [-0.3, -0.25) is 14.4 Å². The Morgan fingerprint density at radius 2 is 1.33 bits per heavy atom. The Morgan fingerprint density at radius 3 is 1.87 bits per heavy atom. The van der Waals surface area contributed by atoms with Crippen molar-refractivity contribution < 1.29 is 43.0 Å². The number of nitrogens with zero attached hydrogens (tertiary/aromatic N) is 1. The van der Waals surface area contributed by atoms with Crippen molar-refractivity contribution in [2.75, 3.05) is 20.2 Å². The van der Waals surface area contributed by atoms with E-state index in [1.54, 1.807) is 41.5 Å². The number of amides is 5. The van der Waals surface area contributed by atoms with Crippen LogP contribution in [0.15, 0.2) is 72.8 Å². The summed E-state index contributed by atoms with van der Waals surface area (Å²) < 4.78 is 15.7. The van der Waals surface area contributed by atoms with Crippen LogP contribution in [-0.2, 0) is 46.2 Å². The van der Waals surface area contributed by atoms with Crippen LogP contribution in [0.4, 0.5) is 9.59 Å². The molecule has 1 aliphatic heterocycles. The molecule has 0 unspecified atom stereocenters. The molecule has 0 bridgehead atoms. The summed E-state index contributed by atoms with van der Waals surface area (Å²) in [6.07, 6.45) is 0.386. The maximum atomic E-state index is 14.4. The zero-order valence-electron chi connectivity index (χ0n) is 33.1. The normalized spacial score (nSPS) is 15.8. The maximum Gasteiger partial charge on any atom is 0.408 e. The Balaban J connectivity index is 1.78. The number of benzene rings is 2. The van der Waals surface area contributed by atoms with Crippen LogP contribution >= 0.6 is 0 Å². The summed E-state index contributed by atoms with van der Waals surface area (Å²) in [5.41, 5.74) is 0.442. The minimum absolute atomic E-state index is 0.111. The van der Waals surface area contributed by atoms with Crippen LogP contribution in [0, 0.1) is 0 Å². The fourth-order valence-corrected chi connectivity index (χ4v) is 5.98. The number of nitrogens with one attached hydrogen (secondary N) is 4. The van der Waals surface area contributed by atoms with E-state index in [-0.39, 0.29) is 32.4 Å². The monoisotopic (exact) mass is 763 g/mol. The summed E-state index contributed by atoms with van der Waals surface area (Å²) in [6.45, 7) is 14.9. The van der Waals surface area contributed by atoms with Crippen molar-refractivity contribution in [2.24, 2.45) is 0 Å². The molecular weight excluding hydrogens is 706 g/mol. The summed E-state index contributed by atoms with van der Waals surface area (Å²) in [6, 6.07) is 13.9. The molecule has 300 valence electrons. The van der Waals surface area contributed by atoms with Crippen LogP contribution in [0.2, 0.25) is 0 Å². The molecule has 0 radical (unpaired) electrons. The average molecular weight is 764 g/mol. The van der Waals surface area contributed by atoms with E-state index in [0.717, 1.165) is 11.1 Å². The predicted molar refractivity (Wildman–Crippen MR) is 207 cm³/mol. The molecule has 5 amide bonds. The molecule has 3 rings (SSSR count). The first-order valence-electron chi connectivity index (χ1n) is 18.6. The average Bonchev–Trinajstić information content (AvgIpc) is 3.61. The van der Waals surface area contributed by atoms with Crippen molar-refractivity contribution in [1.29, 1.82) is 0 Å². The fraction of sp³-hybridized carbons (Fsp3) is 0.512. The lowest BCUT2D eigenvalue weighted by Gasteiger charge is -2.31. The van der Waals surface area contributed by atoms with E-state index in [9.17, 15) is 28.8 Å². The maximum absolute atomic E-state index is 14.4. The Labute approximate surface area is 324 Å². The van der Waals surface area contributed by atoms with Gasteiger partial charge in [0.05, 0.1) is 7.11 Å². The molecule has 0 spiro atoms. The molecule has 0 aliphatic carbocycles. The van der Waals surface area contributed by atoms with E-state index < -0.39 is 71.2 Å². The summed E-state index contributed by atoms with van der Waals surface area (Å²) in [5.74, 6) is -2.40. The van der Waals surface area contributed by atoms with Gasteiger partial charge in [0, 0.05) is 25.9 Å². The van der Waals surface area contributed by atoms with Crippen LogP contribution in [0.5, 0.6) is 0 Å². The highest BCUT2D eigenvalue weighted by Gasteiger charge is 2.40. The van der Waals surface area contributed by atoms with Crippen LogP contribution in [0.1, 0.15) is 78.4 Å². The standard InChI is InChI=1S/C41H57N5O9/c1-27(17-15-23-42-38(51)54-40(2,3)4)33(37(50)53-8)45-35(48)32-22-16-24-46(32)36(49)31(26-29-20-13-10-14-21-29)43-34(47)30(25-28-18-11-9-12-19-28)44-39(52)55-41(5,6)7/h9-14,18-21,30-33H,1,15-17,22-26H2,2-8H3,(H,42,51)(H,43,47)(H,44,52)(H,45,48)/t30-,31-,32-,33-/m1/s1. The number of carbonyl (C=O) groups is 6. The number of ether oxygens (including phenoxy) is 3. The lowest BCUT2D eigenvalue weighted by atomic mass is 10.0. The Kier molecular flexibility index (Phi) is 16.3. The number of carbonyl (C=O) groups excluding carboxylic acids is 6. The second-order valence-electron chi connectivity index (χ2n) is 15.5. The van der Waals surface area contributed by atoms with E-state index >= 15 is 0 Å². The lowest BCUT2D eigenvalue weighted by molar-refractivity contribution is -0.146. The zero-order chi connectivity index (χ0) is 40.8. The summed E-state index contributed by atoms with van der Waals surface area (Å²) in [4.78, 5) is 81.3. The quantitative estimate of drug-likeness (QED) is 0.0836. The van der Waals surface area contributed by atoms with E-state index in [4.69, 9.17) is 14.2 Å². The third kappa shape index (κ3) is 15.1. The van der Waals surface area contributed by atoms with Gasteiger partial charge < -0.3 is 40.4 Å². The molecule has 1 aliphatic rings. The summed E-state index contributed by atoms with van der Waals surface area (Å²) in [5, 5.41) is 10.9. The highest BCUT2D eigenvalue weighted by Crippen LogP contribution is 2.21. The molecule has 1 heterocycles. The van der Waals surface area contributed by atoms with E-state index in [1.807, 2.05) is 60.7 Å². The Hall–Kier alpha value is -5.40. The molecule has 55 heavy (non-hydrogen) atoms. The topological polar surface area (TPSA) is 181 Å². The van der Waals surface area contributed by atoms with Gasteiger partial charge in [-0.25, -0.2) is 14.4 Å². The van der Waals surface area contributed by atoms with Gasteiger partial charge in [-0.2, -0.15) is 0 Å². The molecule has 1 saturated heterocycles. The van der Waals surface area contributed by atoms with Crippen molar-refractivity contribution in [2.45, 2.75) is 115 Å². The Bertz CT molecular complexity index is 1640. The van der Waals surface area contributed by atoms with Gasteiger partial charge in [-0.05, 0) is 83.9 Å². The molecule has 1 fully saturated rings. The third-order valence-corrected chi connectivity index (χ3v) is 8.50. The predicted octanol–water partition coefficient (Wildman–Crippen LogP) is 4.36. The van der Waals surface area contributed by atoms with Crippen molar-refractivity contribution in [3.8, 4) is 0 Å². The van der Waals surface area contributed by atoms with Gasteiger partial charge in [0.2, 0.25) is 17.7 Å². The van der Waals surface area contributed by atoms with Gasteiger partial charge >= 0.3 is 18.2 Å². The highest BCUT2D eigenvalue weighted by molar-refractivity contribution is 5.96. The lowest BCUT2D eigenvalue weighted by Crippen LogP contribution is -2.58. The second kappa shape index (κ2) is 20.3. The van der Waals surface area contributed by atoms with E-state index in [1.165, 1.54) is 12.0 Å². The molecule has 4 N–H and O–H groups in total. The van der Waals surface area contributed by atoms with Gasteiger partial charge in [0.25, 0.3) is 0 Å². The Morgan fingerprint density at radius 1 is 0.782 bits per heavy atom. The number of hydrogen-bond donors (Lipinski definition) is 4. The first-order chi connectivity index (χ1) is 25.9. The smallest absolute Gasteiger partial charge is 0.408 e. The highest BCUT2D eigenvalue weighted by atomic mass is 16.6. The van der Waals surface area contributed by atoms with Crippen LogP contribution in [0.3, 0.4) is 0 Å². The first kappa shape index (κ1) is 44.0. The third-order valence-electron chi connectivity index (χ3n) is 8.50. The number of rotatable bonds is 16. The summed E-state index contributed by atoms with van der Waals surface area (Å²) in [7, 11) is 1.20. The van der Waals surface area contributed by atoms with Gasteiger partial charge in [0.1, 0.15) is 35.4 Å². The number of alkyl carbamates (subject to hydrolysis) is 2. The molecule has 14 nitrogen and oxygen atoms in total. The van der Waals surface area contributed by atoms with Crippen molar-refractivity contribution in [1.82, 2.24) is 26.2 Å². The van der Waals surface area contributed by atoms with Gasteiger partial charge in [-0.1, -0.05) is 67.2 Å². The van der Waals surface area contributed by atoms with Crippen LogP contribution < -0.4 is 21.3 Å². The number of hydrogen-bond acceptors (Lipinski definition) is 9. The number of likely N-dealkylation sites (tertiary alicyclic amines) is 1. The molecule has 2 aromatic rings. The second-order valence-corrected chi connectivity index (χ2v) is 15.5. The molecular formula is C41H57N5O9. The molecule has 0 saturated carbocycles. The zero-order valence-corrected chi connectivity index (χ0v) is 33.1. The largest absolute Gasteiger partial charge is 0.467 e. The minimum atomic E-state index is -1.20. The molecule has 2 aromatic carbocycles. The van der Waals surface area contributed by atoms with Crippen LogP contribution in [0.25, 0.3) is 0 Å². The fourth-order valence-electron chi connectivity index (χ4n) is 5.98. The summed E-state index contributed by atoms with van der Waals surface area (Å²) >= 11 is 0. The minimum Gasteiger partial charge on any atom is -0.467 e. The van der Waals surface area contributed by atoms with E-state index in [2.05, 4.69) is 27.8 Å². The van der Waals surface area contributed by atoms with Gasteiger partial charge in [0.15, 0.2) is 0 Å². The molecule has 0 aromatic heterocycles. The number of esters is 1.